The Bertz CT molecular complexity index is 964. The van der Waals surface area contributed by atoms with Crippen molar-refractivity contribution in [2.24, 2.45) is 0 Å². The van der Waals surface area contributed by atoms with E-state index in [2.05, 4.69) is 0 Å². The average molecular weight is 397 g/mol. The smallest absolute Gasteiger partial charge is 0.295 e. The second-order valence-electron chi connectivity index (χ2n) is 6.74. The Balaban J connectivity index is 2.19. The second-order valence-corrected chi connectivity index (χ2v) is 6.74. The lowest BCUT2D eigenvalue weighted by molar-refractivity contribution is -0.140. The molecule has 1 aliphatic heterocycles. The molecular formula is C22H23NO6. The molecule has 0 spiro atoms. The van der Waals surface area contributed by atoms with Gasteiger partial charge in [-0.05, 0) is 31.5 Å². The summed E-state index contributed by atoms with van der Waals surface area (Å²) in [7, 11) is 0. The molecule has 1 heterocycles. The maximum atomic E-state index is 12.8. The summed E-state index contributed by atoms with van der Waals surface area (Å²) in [4.78, 5) is 26.6. The highest BCUT2D eigenvalue weighted by Crippen LogP contribution is 2.41. The van der Waals surface area contributed by atoms with Gasteiger partial charge in [-0.1, -0.05) is 35.9 Å². The number of ether oxygens (including phenoxy) is 1. The van der Waals surface area contributed by atoms with E-state index in [1.807, 2.05) is 6.92 Å². The standard InChI is InChI=1S/C22H23NO6/c1-3-29-17-12-15(8-9-16(17)25)19-18(21(27)22(28)23(19)10-11-24)20(26)14-6-4-13(2)5-7-14/h4-9,12,19,24-26H,3,10-11H2,1-2H3. The Labute approximate surface area is 168 Å². The van der Waals surface area contributed by atoms with Gasteiger partial charge in [0.25, 0.3) is 11.7 Å². The molecule has 1 unspecified atom stereocenters. The first-order valence-corrected chi connectivity index (χ1v) is 9.31. The van der Waals surface area contributed by atoms with Crippen LogP contribution in [0.3, 0.4) is 0 Å². The SMILES string of the molecule is CCOc1cc(C2C(=C(O)c3ccc(C)cc3)C(=O)C(=O)N2CCO)ccc1O. The van der Waals surface area contributed by atoms with Gasteiger partial charge in [0, 0.05) is 12.1 Å². The first-order valence-electron chi connectivity index (χ1n) is 9.31. The highest BCUT2D eigenvalue weighted by Gasteiger charge is 2.46. The zero-order chi connectivity index (χ0) is 21.1. The molecule has 3 N–H and O–H groups in total. The number of benzene rings is 2. The summed E-state index contributed by atoms with van der Waals surface area (Å²) in [5.74, 6) is -1.79. The normalized spacial score (nSPS) is 18.3. The lowest BCUT2D eigenvalue weighted by atomic mass is 9.94. The van der Waals surface area contributed by atoms with Crippen molar-refractivity contribution in [2.75, 3.05) is 19.8 Å². The molecule has 7 nitrogen and oxygen atoms in total. The van der Waals surface area contributed by atoms with Crippen molar-refractivity contribution in [3.8, 4) is 11.5 Å². The number of hydrogen-bond acceptors (Lipinski definition) is 6. The fraction of sp³-hybridized carbons (Fsp3) is 0.273. The Morgan fingerprint density at radius 1 is 1.14 bits per heavy atom. The van der Waals surface area contributed by atoms with Gasteiger partial charge in [-0.15, -0.1) is 0 Å². The summed E-state index contributed by atoms with van der Waals surface area (Å²) in [5.41, 5.74) is 1.80. The summed E-state index contributed by atoms with van der Waals surface area (Å²) >= 11 is 0. The van der Waals surface area contributed by atoms with Crippen LogP contribution in [0.5, 0.6) is 11.5 Å². The van der Waals surface area contributed by atoms with E-state index in [-0.39, 0.29) is 36.0 Å². The van der Waals surface area contributed by atoms with E-state index in [1.54, 1.807) is 37.3 Å². The predicted molar refractivity (Wildman–Crippen MR) is 107 cm³/mol. The Hall–Kier alpha value is -3.32. The number of likely N-dealkylation sites (tertiary alicyclic amines) is 1. The number of carbonyl (C=O) groups is 2. The molecule has 1 fully saturated rings. The van der Waals surface area contributed by atoms with Crippen LogP contribution in [0.1, 0.15) is 29.7 Å². The number of hydrogen-bond donors (Lipinski definition) is 3. The van der Waals surface area contributed by atoms with Gasteiger partial charge in [0.1, 0.15) is 5.76 Å². The van der Waals surface area contributed by atoms with Crippen LogP contribution in [0.15, 0.2) is 48.0 Å². The summed E-state index contributed by atoms with van der Waals surface area (Å²) in [5, 5.41) is 30.3. The van der Waals surface area contributed by atoms with Crippen molar-refractivity contribution in [3.05, 3.63) is 64.7 Å². The highest BCUT2D eigenvalue weighted by atomic mass is 16.5. The van der Waals surface area contributed by atoms with Crippen LogP contribution >= 0.6 is 0 Å². The molecular weight excluding hydrogens is 374 g/mol. The van der Waals surface area contributed by atoms with Gasteiger partial charge in [-0.3, -0.25) is 9.59 Å². The minimum atomic E-state index is -0.914. The summed E-state index contributed by atoms with van der Waals surface area (Å²) in [6.07, 6.45) is 0. The number of phenolic OH excluding ortho intramolecular Hbond substituents is 1. The van der Waals surface area contributed by atoms with Crippen molar-refractivity contribution in [1.82, 2.24) is 4.90 Å². The van der Waals surface area contributed by atoms with Crippen LogP contribution in [-0.4, -0.2) is 51.7 Å². The van der Waals surface area contributed by atoms with E-state index in [1.165, 1.54) is 17.0 Å². The highest BCUT2D eigenvalue weighted by molar-refractivity contribution is 6.46. The van der Waals surface area contributed by atoms with E-state index < -0.39 is 17.7 Å². The maximum absolute atomic E-state index is 12.8. The van der Waals surface area contributed by atoms with Crippen molar-refractivity contribution < 1.29 is 29.6 Å². The molecule has 1 saturated heterocycles. The fourth-order valence-corrected chi connectivity index (χ4v) is 3.40. The van der Waals surface area contributed by atoms with E-state index in [4.69, 9.17) is 4.74 Å². The van der Waals surface area contributed by atoms with E-state index in [0.717, 1.165) is 5.56 Å². The summed E-state index contributed by atoms with van der Waals surface area (Å²) in [6, 6.07) is 10.5. The van der Waals surface area contributed by atoms with Crippen LogP contribution < -0.4 is 4.74 Å². The molecule has 1 atom stereocenters. The van der Waals surface area contributed by atoms with Gasteiger partial charge < -0.3 is 25.0 Å². The molecule has 1 amide bonds. The number of nitrogens with zero attached hydrogens (tertiary/aromatic N) is 1. The number of aliphatic hydroxyl groups is 2. The molecule has 0 aliphatic carbocycles. The summed E-state index contributed by atoms with van der Waals surface area (Å²) in [6.45, 7) is 3.56. The van der Waals surface area contributed by atoms with Crippen molar-refractivity contribution in [3.63, 3.8) is 0 Å². The molecule has 0 radical (unpaired) electrons. The van der Waals surface area contributed by atoms with Crippen LogP contribution in [0.4, 0.5) is 0 Å². The third kappa shape index (κ3) is 3.82. The van der Waals surface area contributed by atoms with Crippen LogP contribution in [-0.2, 0) is 9.59 Å². The minimum Gasteiger partial charge on any atom is -0.507 e. The van der Waals surface area contributed by atoms with Crippen molar-refractivity contribution in [1.29, 1.82) is 0 Å². The first-order chi connectivity index (χ1) is 13.9. The van der Waals surface area contributed by atoms with Gasteiger partial charge in [-0.25, -0.2) is 0 Å². The second kappa shape index (κ2) is 8.36. The molecule has 1 aliphatic rings. The van der Waals surface area contributed by atoms with Crippen molar-refractivity contribution >= 4 is 17.4 Å². The lowest BCUT2D eigenvalue weighted by Gasteiger charge is -2.25. The topological polar surface area (TPSA) is 107 Å². The number of amides is 1. The van der Waals surface area contributed by atoms with Gasteiger partial charge in [0.15, 0.2) is 11.5 Å². The molecule has 29 heavy (non-hydrogen) atoms. The predicted octanol–water partition coefficient (Wildman–Crippen LogP) is 2.51. The maximum Gasteiger partial charge on any atom is 0.295 e. The molecule has 3 rings (SSSR count). The quantitative estimate of drug-likeness (QED) is 0.393. The zero-order valence-corrected chi connectivity index (χ0v) is 16.3. The molecule has 0 aromatic heterocycles. The number of aromatic hydroxyl groups is 1. The van der Waals surface area contributed by atoms with E-state index in [9.17, 15) is 24.9 Å². The van der Waals surface area contributed by atoms with E-state index in [0.29, 0.717) is 17.7 Å². The van der Waals surface area contributed by atoms with Crippen LogP contribution in [0, 0.1) is 6.92 Å². The van der Waals surface area contributed by atoms with E-state index >= 15 is 0 Å². The lowest BCUT2D eigenvalue weighted by Crippen LogP contribution is -2.32. The van der Waals surface area contributed by atoms with Gasteiger partial charge in [0.2, 0.25) is 0 Å². The molecule has 0 saturated carbocycles. The molecule has 152 valence electrons. The van der Waals surface area contributed by atoms with Crippen molar-refractivity contribution in [2.45, 2.75) is 19.9 Å². The Kier molecular flexibility index (Phi) is 5.89. The number of rotatable bonds is 6. The monoisotopic (exact) mass is 397 g/mol. The number of ketones is 1. The third-order valence-corrected chi connectivity index (χ3v) is 4.81. The van der Waals surface area contributed by atoms with Gasteiger partial charge >= 0.3 is 0 Å². The molecule has 2 aromatic carbocycles. The Morgan fingerprint density at radius 3 is 2.45 bits per heavy atom. The first kappa shape index (κ1) is 20.4. The third-order valence-electron chi connectivity index (χ3n) is 4.81. The van der Waals surface area contributed by atoms with Gasteiger partial charge in [-0.2, -0.15) is 0 Å². The molecule has 0 bridgehead atoms. The largest absolute Gasteiger partial charge is 0.507 e. The fourth-order valence-electron chi connectivity index (χ4n) is 3.40. The molecule has 2 aromatic rings. The Morgan fingerprint density at radius 2 is 1.83 bits per heavy atom. The van der Waals surface area contributed by atoms with Gasteiger partial charge in [0.05, 0.1) is 24.8 Å². The zero-order valence-electron chi connectivity index (χ0n) is 16.3. The number of aliphatic hydroxyl groups excluding tert-OH is 2. The number of Topliss-reactive ketones (excluding diaryl/α,β-unsaturated/α-hetero) is 1. The number of phenols is 1. The number of aryl methyl sites for hydroxylation is 1. The minimum absolute atomic E-state index is 0.0690. The van der Waals surface area contributed by atoms with Crippen LogP contribution in [0.25, 0.3) is 5.76 Å². The number of carbonyl (C=O) groups excluding carboxylic acids is 2. The van der Waals surface area contributed by atoms with Crippen LogP contribution in [0.2, 0.25) is 0 Å². The summed E-state index contributed by atoms with van der Waals surface area (Å²) < 4.78 is 5.41. The number of β-amino-alcohol motifs (C(OH)–C–C–N with tert-alkyl or cyclic N) is 1. The molecule has 7 heteroatoms. The average Bonchev–Trinajstić information content (AvgIpc) is 2.95.